The van der Waals surface area contributed by atoms with Gasteiger partial charge in [0.25, 0.3) is 0 Å². The molecule has 94 valence electrons. The third kappa shape index (κ3) is 3.71. The van der Waals surface area contributed by atoms with Crippen molar-refractivity contribution in [3.05, 3.63) is 28.2 Å². The fourth-order valence-electron chi connectivity index (χ4n) is 1.32. The summed E-state index contributed by atoms with van der Waals surface area (Å²) in [5, 5.41) is 10.7. The summed E-state index contributed by atoms with van der Waals surface area (Å²) in [7, 11) is -3.35. The molecular formula is C10H12BrNO4S. The SMILES string of the molecule is CCS(=O)(=O)c1ccc(Br)cc1CNC(=O)O. The fourth-order valence-corrected chi connectivity index (χ4v) is 2.84. The van der Waals surface area contributed by atoms with E-state index in [2.05, 4.69) is 21.2 Å². The van der Waals surface area contributed by atoms with Gasteiger partial charge in [0.15, 0.2) is 9.84 Å². The number of amides is 1. The zero-order valence-electron chi connectivity index (χ0n) is 9.10. The molecule has 0 atom stereocenters. The summed E-state index contributed by atoms with van der Waals surface area (Å²) in [6.07, 6.45) is -1.19. The van der Waals surface area contributed by atoms with Gasteiger partial charge in [0.1, 0.15) is 0 Å². The van der Waals surface area contributed by atoms with Crippen LogP contribution in [0.4, 0.5) is 4.79 Å². The van der Waals surface area contributed by atoms with Gasteiger partial charge in [-0.1, -0.05) is 22.9 Å². The average Bonchev–Trinajstić information content (AvgIpc) is 2.26. The van der Waals surface area contributed by atoms with E-state index >= 15 is 0 Å². The maximum atomic E-state index is 11.8. The van der Waals surface area contributed by atoms with E-state index in [-0.39, 0.29) is 17.2 Å². The van der Waals surface area contributed by atoms with Gasteiger partial charge >= 0.3 is 6.09 Å². The molecular weight excluding hydrogens is 310 g/mol. The van der Waals surface area contributed by atoms with Crippen molar-refractivity contribution in [1.29, 1.82) is 0 Å². The van der Waals surface area contributed by atoms with Gasteiger partial charge < -0.3 is 10.4 Å². The van der Waals surface area contributed by atoms with Crippen LogP contribution >= 0.6 is 15.9 Å². The number of halogens is 1. The van der Waals surface area contributed by atoms with Crippen molar-refractivity contribution in [2.75, 3.05) is 5.75 Å². The lowest BCUT2D eigenvalue weighted by molar-refractivity contribution is 0.194. The summed E-state index contributed by atoms with van der Waals surface area (Å²) in [4.78, 5) is 10.6. The van der Waals surface area contributed by atoms with Crippen molar-refractivity contribution >= 4 is 31.9 Å². The normalized spacial score (nSPS) is 11.2. The highest BCUT2D eigenvalue weighted by atomic mass is 79.9. The molecule has 0 saturated heterocycles. The Morgan fingerprint density at radius 1 is 1.47 bits per heavy atom. The molecule has 7 heteroatoms. The topological polar surface area (TPSA) is 83.5 Å². The first-order valence-electron chi connectivity index (χ1n) is 4.85. The van der Waals surface area contributed by atoms with Crippen LogP contribution in [-0.2, 0) is 16.4 Å². The number of carboxylic acid groups (broad SMARTS) is 1. The molecule has 0 spiro atoms. The van der Waals surface area contributed by atoms with E-state index in [1.165, 1.54) is 6.07 Å². The average molecular weight is 322 g/mol. The van der Waals surface area contributed by atoms with Gasteiger partial charge in [-0.2, -0.15) is 0 Å². The lowest BCUT2D eigenvalue weighted by Gasteiger charge is -2.09. The predicted molar refractivity (Wildman–Crippen MR) is 66.7 cm³/mol. The second-order valence-corrected chi connectivity index (χ2v) is 6.48. The lowest BCUT2D eigenvalue weighted by Crippen LogP contribution is -2.21. The smallest absolute Gasteiger partial charge is 0.404 e. The molecule has 1 rings (SSSR count). The summed E-state index contributed by atoms with van der Waals surface area (Å²) in [6.45, 7) is 1.51. The number of hydrogen-bond acceptors (Lipinski definition) is 3. The zero-order valence-corrected chi connectivity index (χ0v) is 11.5. The van der Waals surface area contributed by atoms with E-state index in [0.29, 0.717) is 10.0 Å². The van der Waals surface area contributed by atoms with Crippen LogP contribution in [0.5, 0.6) is 0 Å². The summed E-state index contributed by atoms with van der Waals surface area (Å²) in [5.41, 5.74) is 0.434. The summed E-state index contributed by atoms with van der Waals surface area (Å²) < 4.78 is 24.3. The Hall–Kier alpha value is -1.08. The summed E-state index contributed by atoms with van der Waals surface area (Å²) in [6, 6.07) is 4.69. The third-order valence-electron chi connectivity index (χ3n) is 2.17. The molecule has 0 radical (unpaired) electrons. The van der Waals surface area contributed by atoms with Crippen LogP contribution in [0.1, 0.15) is 12.5 Å². The van der Waals surface area contributed by atoms with Crippen LogP contribution in [-0.4, -0.2) is 25.4 Å². The standard InChI is InChI=1S/C10H12BrNO4S/c1-2-17(15,16)9-4-3-8(11)5-7(9)6-12-10(13)14/h3-5,12H,2,6H2,1H3,(H,13,14). The Morgan fingerprint density at radius 3 is 2.65 bits per heavy atom. The highest BCUT2D eigenvalue weighted by Crippen LogP contribution is 2.21. The maximum absolute atomic E-state index is 11.8. The van der Waals surface area contributed by atoms with Gasteiger partial charge in [-0.3, -0.25) is 0 Å². The first-order valence-corrected chi connectivity index (χ1v) is 7.29. The molecule has 1 amide bonds. The van der Waals surface area contributed by atoms with Crippen molar-refractivity contribution in [3.8, 4) is 0 Å². The third-order valence-corrected chi connectivity index (χ3v) is 4.49. The minimum absolute atomic E-state index is 0.0191. The molecule has 17 heavy (non-hydrogen) atoms. The van der Waals surface area contributed by atoms with Crippen LogP contribution in [0.2, 0.25) is 0 Å². The lowest BCUT2D eigenvalue weighted by atomic mass is 10.2. The van der Waals surface area contributed by atoms with Crippen LogP contribution < -0.4 is 5.32 Å². The van der Waals surface area contributed by atoms with E-state index < -0.39 is 15.9 Å². The number of sulfone groups is 1. The molecule has 0 bridgehead atoms. The van der Waals surface area contributed by atoms with Gasteiger partial charge in [-0.15, -0.1) is 0 Å². The number of nitrogens with one attached hydrogen (secondary N) is 1. The van der Waals surface area contributed by atoms with E-state index in [9.17, 15) is 13.2 Å². The molecule has 1 aromatic carbocycles. The number of carbonyl (C=O) groups is 1. The quantitative estimate of drug-likeness (QED) is 0.888. The molecule has 2 N–H and O–H groups in total. The monoisotopic (exact) mass is 321 g/mol. The van der Waals surface area contributed by atoms with Gasteiger partial charge in [0.2, 0.25) is 0 Å². The van der Waals surface area contributed by atoms with E-state index in [1.54, 1.807) is 19.1 Å². The molecule has 0 unspecified atom stereocenters. The van der Waals surface area contributed by atoms with Crippen molar-refractivity contribution in [1.82, 2.24) is 5.32 Å². The second kappa shape index (κ2) is 5.50. The zero-order chi connectivity index (χ0) is 13.1. The minimum Gasteiger partial charge on any atom is -0.465 e. The maximum Gasteiger partial charge on any atom is 0.404 e. The molecule has 5 nitrogen and oxygen atoms in total. The molecule has 1 aromatic rings. The van der Waals surface area contributed by atoms with Crippen molar-refractivity contribution in [3.63, 3.8) is 0 Å². The van der Waals surface area contributed by atoms with Gasteiger partial charge in [-0.25, -0.2) is 13.2 Å². The minimum atomic E-state index is -3.35. The van der Waals surface area contributed by atoms with Gasteiger partial charge in [0, 0.05) is 11.0 Å². The Kier molecular flexibility index (Phi) is 4.53. The Bertz CT molecular complexity index is 527. The molecule has 0 aromatic heterocycles. The number of benzene rings is 1. The predicted octanol–water partition coefficient (Wildman–Crippen LogP) is 2.01. The number of rotatable bonds is 4. The molecule has 0 saturated carbocycles. The first kappa shape index (κ1) is 14.0. The van der Waals surface area contributed by atoms with Crippen molar-refractivity contribution in [2.45, 2.75) is 18.4 Å². The van der Waals surface area contributed by atoms with E-state index in [1.807, 2.05) is 0 Å². The van der Waals surface area contributed by atoms with E-state index in [4.69, 9.17) is 5.11 Å². The molecule has 0 heterocycles. The molecule has 0 aliphatic carbocycles. The van der Waals surface area contributed by atoms with Gasteiger partial charge in [-0.05, 0) is 23.8 Å². The van der Waals surface area contributed by atoms with Crippen molar-refractivity contribution < 1.29 is 18.3 Å². The Morgan fingerprint density at radius 2 is 2.12 bits per heavy atom. The second-order valence-electron chi connectivity index (χ2n) is 3.31. The van der Waals surface area contributed by atoms with Crippen LogP contribution in [0.15, 0.2) is 27.6 Å². The highest BCUT2D eigenvalue weighted by Gasteiger charge is 2.16. The molecule has 0 aliphatic heterocycles. The molecule has 0 fully saturated rings. The summed E-state index contributed by atoms with van der Waals surface area (Å²) in [5.74, 6) is -0.0191. The van der Waals surface area contributed by atoms with Crippen LogP contribution in [0, 0.1) is 0 Å². The van der Waals surface area contributed by atoms with Gasteiger partial charge in [0.05, 0.1) is 10.6 Å². The highest BCUT2D eigenvalue weighted by molar-refractivity contribution is 9.10. The Balaban J connectivity index is 3.17. The van der Waals surface area contributed by atoms with Crippen LogP contribution in [0.3, 0.4) is 0 Å². The van der Waals surface area contributed by atoms with Crippen LogP contribution in [0.25, 0.3) is 0 Å². The summed E-state index contributed by atoms with van der Waals surface area (Å²) >= 11 is 3.22. The largest absolute Gasteiger partial charge is 0.465 e. The first-order chi connectivity index (χ1) is 7.86. The Labute approximate surface area is 108 Å². The van der Waals surface area contributed by atoms with Crippen molar-refractivity contribution in [2.24, 2.45) is 0 Å². The van der Waals surface area contributed by atoms with E-state index in [0.717, 1.165) is 0 Å². The fraction of sp³-hybridized carbons (Fsp3) is 0.300. The number of hydrogen-bond donors (Lipinski definition) is 2. The molecule has 0 aliphatic rings.